The van der Waals surface area contributed by atoms with E-state index in [1.165, 1.54) is 10.6 Å². The molecule has 10 nitrogen and oxygen atoms in total. The third kappa shape index (κ3) is 3.60. The van der Waals surface area contributed by atoms with Crippen molar-refractivity contribution in [2.75, 3.05) is 50.9 Å². The summed E-state index contributed by atoms with van der Waals surface area (Å²) in [4.78, 5) is 4.34. The molecule has 2 aliphatic heterocycles. The molecule has 2 aromatic heterocycles. The van der Waals surface area contributed by atoms with Gasteiger partial charge in [0.05, 0.1) is 11.9 Å². The summed E-state index contributed by atoms with van der Waals surface area (Å²) in [7, 11) is -1.27. The average molecular weight is 422 g/mol. The van der Waals surface area contributed by atoms with Gasteiger partial charge in [-0.25, -0.2) is 8.42 Å². The molecule has 158 valence electrons. The van der Waals surface area contributed by atoms with Gasteiger partial charge in [0.15, 0.2) is 11.5 Å². The monoisotopic (exact) mass is 421 g/mol. The summed E-state index contributed by atoms with van der Waals surface area (Å²) < 4.78 is 26.7. The van der Waals surface area contributed by atoms with Gasteiger partial charge in [-0.15, -0.1) is 15.3 Å². The third-order valence-corrected chi connectivity index (χ3v) is 7.58. The molecule has 3 fully saturated rings. The van der Waals surface area contributed by atoms with E-state index in [0.29, 0.717) is 31.5 Å². The molecular weight excluding hydrogens is 394 g/mol. The van der Waals surface area contributed by atoms with Crippen molar-refractivity contribution in [2.45, 2.75) is 36.8 Å². The van der Waals surface area contributed by atoms with Gasteiger partial charge in [0, 0.05) is 44.7 Å². The molecule has 3 aliphatic rings. The van der Waals surface area contributed by atoms with E-state index in [1.807, 2.05) is 23.7 Å². The van der Waals surface area contributed by atoms with Crippen molar-refractivity contribution in [3.8, 4) is 0 Å². The number of aromatic nitrogens is 4. The van der Waals surface area contributed by atoms with Gasteiger partial charge in [-0.05, 0) is 38.4 Å². The molecule has 2 saturated heterocycles. The Morgan fingerprint density at radius 3 is 2.69 bits per heavy atom. The lowest BCUT2D eigenvalue weighted by molar-refractivity contribution is 0.00864. The standard InChI is InChI=1S/C18H27N7O3S/c1-22(11-18(26)7-8-24(12-18)29(2,27)28)14-9-23(10-14)16-6-5-15-19-20-17(13-3-4-13)25(15)21-16/h5-6,13-14,26H,3-4,7-12H2,1-2H3. The molecule has 0 spiro atoms. The van der Waals surface area contributed by atoms with Crippen LogP contribution in [-0.2, 0) is 10.0 Å². The fraction of sp³-hybridized carbons (Fsp3) is 0.722. The largest absolute Gasteiger partial charge is 0.387 e. The zero-order valence-corrected chi connectivity index (χ0v) is 17.6. The van der Waals surface area contributed by atoms with Crippen LogP contribution >= 0.6 is 0 Å². The minimum atomic E-state index is -3.26. The van der Waals surface area contributed by atoms with E-state index in [4.69, 9.17) is 5.10 Å². The van der Waals surface area contributed by atoms with E-state index in [2.05, 4.69) is 20.0 Å². The second-order valence-electron chi connectivity index (χ2n) is 8.84. The minimum absolute atomic E-state index is 0.169. The van der Waals surface area contributed by atoms with Gasteiger partial charge in [0.25, 0.3) is 0 Å². The first-order valence-electron chi connectivity index (χ1n) is 10.1. The molecule has 4 heterocycles. The molecule has 5 rings (SSSR count). The quantitative estimate of drug-likeness (QED) is 0.666. The third-order valence-electron chi connectivity index (χ3n) is 6.33. The molecule has 1 unspecified atom stereocenters. The van der Waals surface area contributed by atoms with Crippen molar-refractivity contribution in [2.24, 2.45) is 0 Å². The molecule has 0 amide bonds. The van der Waals surface area contributed by atoms with Crippen molar-refractivity contribution in [3.05, 3.63) is 18.0 Å². The number of β-amino-alcohol motifs (C(OH)–C–C–N with tert-alkyl or cyclic N) is 1. The number of sulfonamides is 1. The topological polar surface area (TPSA) is 107 Å². The molecule has 29 heavy (non-hydrogen) atoms. The number of rotatable bonds is 6. The highest BCUT2D eigenvalue weighted by Gasteiger charge is 2.42. The molecule has 1 N–H and O–H groups in total. The maximum Gasteiger partial charge on any atom is 0.211 e. The molecular formula is C18H27N7O3S. The lowest BCUT2D eigenvalue weighted by Crippen LogP contribution is -2.61. The Morgan fingerprint density at radius 2 is 2.03 bits per heavy atom. The van der Waals surface area contributed by atoms with Crippen LogP contribution in [-0.4, -0.2) is 100 Å². The van der Waals surface area contributed by atoms with E-state index < -0.39 is 15.6 Å². The number of anilines is 1. The first-order chi connectivity index (χ1) is 13.7. The number of aliphatic hydroxyl groups is 1. The summed E-state index contributed by atoms with van der Waals surface area (Å²) in [5.41, 5.74) is -0.208. The van der Waals surface area contributed by atoms with Gasteiger partial charge < -0.3 is 10.0 Å². The van der Waals surface area contributed by atoms with Gasteiger partial charge in [-0.2, -0.15) is 8.82 Å². The van der Waals surface area contributed by atoms with Crippen molar-refractivity contribution < 1.29 is 13.5 Å². The van der Waals surface area contributed by atoms with Crippen LogP contribution in [0.3, 0.4) is 0 Å². The van der Waals surface area contributed by atoms with Crippen molar-refractivity contribution in [1.82, 2.24) is 29.0 Å². The predicted octanol–water partition coefficient (Wildman–Crippen LogP) is -0.481. The highest BCUT2D eigenvalue weighted by atomic mass is 32.2. The molecule has 0 aromatic carbocycles. The Bertz CT molecular complexity index is 1030. The normalized spacial score (nSPS) is 26.6. The summed E-state index contributed by atoms with van der Waals surface area (Å²) in [5, 5.41) is 24.1. The summed E-state index contributed by atoms with van der Waals surface area (Å²) >= 11 is 0. The van der Waals surface area contributed by atoms with Crippen LogP contribution in [0.1, 0.15) is 31.0 Å². The van der Waals surface area contributed by atoms with E-state index >= 15 is 0 Å². The highest BCUT2D eigenvalue weighted by molar-refractivity contribution is 7.88. The lowest BCUT2D eigenvalue weighted by Gasteiger charge is -2.46. The molecule has 0 bridgehead atoms. The number of nitrogens with zero attached hydrogens (tertiary/aromatic N) is 7. The van der Waals surface area contributed by atoms with Crippen molar-refractivity contribution in [3.63, 3.8) is 0 Å². The smallest absolute Gasteiger partial charge is 0.211 e. The van der Waals surface area contributed by atoms with Gasteiger partial charge in [0.2, 0.25) is 10.0 Å². The van der Waals surface area contributed by atoms with Gasteiger partial charge in [0.1, 0.15) is 5.82 Å². The minimum Gasteiger partial charge on any atom is -0.387 e. The second-order valence-corrected chi connectivity index (χ2v) is 10.8. The first kappa shape index (κ1) is 19.2. The number of hydrogen-bond acceptors (Lipinski definition) is 8. The first-order valence-corrected chi connectivity index (χ1v) is 11.9. The number of fused-ring (bicyclic) bond motifs is 1. The van der Waals surface area contributed by atoms with E-state index in [-0.39, 0.29) is 6.54 Å². The predicted molar refractivity (Wildman–Crippen MR) is 107 cm³/mol. The average Bonchev–Trinajstić information content (AvgIpc) is 3.23. The number of hydrogen-bond donors (Lipinski definition) is 1. The Balaban J connectivity index is 1.21. The summed E-state index contributed by atoms with van der Waals surface area (Å²) in [5.74, 6) is 2.35. The van der Waals surface area contributed by atoms with Crippen LogP contribution in [0.5, 0.6) is 0 Å². The van der Waals surface area contributed by atoms with E-state index in [0.717, 1.165) is 43.2 Å². The van der Waals surface area contributed by atoms with Crippen LogP contribution < -0.4 is 4.90 Å². The fourth-order valence-corrected chi connectivity index (χ4v) is 5.20. The van der Waals surface area contributed by atoms with Gasteiger partial charge in [-0.1, -0.05) is 0 Å². The maximum absolute atomic E-state index is 11.7. The SMILES string of the molecule is CN(CC1(O)CCN(S(C)(=O)=O)C1)C1CN(c2ccc3nnc(C4CC4)n3n2)C1. The van der Waals surface area contributed by atoms with Gasteiger partial charge >= 0.3 is 0 Å². The molecule has 1 aliphatic carbocycles. The van der Waals surface area contributed by atoms with Crippen LogP contribution in [0.4, 0.5) is 5.82 Å². The number of likely N-dealkylation sites (N-methyl/N-ethyl adjacent to an activating group) is 1. The Labute approximate surface area is 170 Å². The van der Waals surface area contributed by atoms with Crippen molar-refractivity contribution in [1.29, 1.82) is 0 Å². The zero-order chi connectivity index (χ0) is 20.4. The highest BCUT2D eigenvalue weighted by Crippen LogP contribution is 2.39. The molecule has 1 saturated carbocycles. The van der Waals surface area contributed by atoms with E-state index in [1.54, 1.807) is 0 Å². The molecule has 2 aromatic rings. The van der Waals surface area contributed by atoms with Gasteiger partial charge in [-0.3, -0.25) is 4.90 Å². The molecule has 11 heteroatoms. The van der Waals surface area contributed by atoms with E-state index in [9.17, 15) is 13.5 Å². The Hall–Kier alpha value is -1.82. The lowest BCUT2D eigenvalue weighted by atomic mass is 10.00. The zero-order valence-electron chi connectivity index (χ0n) is 16.8. The fourth-order valence-electron chi connectivity index (χ4n) is 4.31. The second kappa shape index (κ2) is 6.59. The molecule has 0 radical (unpaired) electrons. The maximum atomic E-state index is 11.7. The van der Waals surface area contributed by atoms with Crippen LogP contribution in [0.15, 0.2) is 12.1 Å². The van der Waals surface area contributed by atoms with Crippen molar-refractivity contribution >= 4 is 21.5 Å². The van der Waals surface area contributed by atoms with Crippen LogP contribution in [0.25, 0.3) is 5.65 Å². The molecule has 1 atom stereocenters. The Morgan fingerprint density at radius 1 is 1.28 bits per heavy atom. The van der Waals surface area contributed by atoms with Crippen LogP contribution in [0.2, 0.25) is 0 Å². The summed E-state index contributed by atoms with van der Waals surface area (Å²) in [6.07, 6.45) is 3.98. The summed E-state index contributed by atoms with van der Waals surface area (Å²) in [6.45, 7) is 2.65. The van der Waals surface area contributed by atoms with Crippen LogP contribution in [0, 0.1) is 0 Å². The Kier molecular flexibility index (Phi) is 4.36. The summed E-state index contributed by atoms with van der Waals surface area (Å²) in [6, 6.07) is 4.23.